The zero-order chi connectivity index (χ0) is 18.0. The number of hydroxylamine groups is 1. The van der Waals surface area contributed by atoms with E-state index in [9.17, 15) is 14.8 Å². The zero-order valence-electron chi connectivity index (χ0n) is 12.6. The fourth-order valence-corrected chi connectivity index (χ4v) is 3.09. The average Bonchev–Trinajstić information content (AvgIpc) is 2.97. The van der Waals surface area contributed by atoms with Gasteiger partial charge in [0.05, 0.1) is 6.54 Å². The van der Waals surface area contributed by atoms with Gasteiger partial charge in [-0.3, -0.25) is 4.79 Å². The molecule has 0 aliphatic heterocycles. The van der Waals surface area contributed by atoms with Crippen LogP contribution in [0.1, 0.15) is 15.9 Å². The van der Waals surface area contributed by atoms with Crippen LogP contribution in [0.4, 0.5) is 5.13 Å². The lowest BCUT2D eigenvalue weighted by molar-refractivity contribution is 0.0997. The Balaban J connectivity index is 1.81. The lowest BCUT2D eigenvalue weighted by atomic mass is 10.2. The Kier molecular flexibility index (Phi) is 5.19. The van der Waals surface area contributed by atoms with Gasteiger partial charge < -0.3 is 10.3 Å². The minimum atomic E-state index is -0.816. The van der Waals surface area contributed by atoms with E-state index in [1.807, 2.05) is 0 Å². The van der Waals surface area contributed by atoms with E-state index in [4.69, 9.17) is 23.2 Å². The summed E-state index contributed by atoms with van der Waals surface area (Å²) in [5.74, 6) is -0.816. The number of rotatable bonds is 4. The summed E-state index contributed by atoms with van der Waals surface area (Å²) in [6, 6.07) is 12.8. The highest BCUT2D eigenvalue weighted by Gasteiger charge is 2.15. The second-order valence-electron chi connectivity index (χ2n) is 5.04. The molecule has 1 aromatic heterocycles. The Morgan fingerprint density at radius 2 is 1.64 bits per heavy atom. The molecule has 0 N–H and O–H groups in total. The van der Waals surface area contributed by atoms with Gasteiger partial charge >= 0.3 is 5.69 Å². The SMILES string of the molecule is O=C(c1ccc(Cl)cc1)N([O-])c1nc(=O)n(Cc2ccc(Cl)cc2)s1. The Hall–Kier alpha value is -2.19. The molecule has 128 valence electrons. The van der Waals surface area contributed by atoms with Gasteiger partial charge in [0.1, 0.15) is 0 Å². The number of nitrogens with zero attached hydrogens (tertiary/aromatic N) is 3. The Morgan fingerprint density at radius 3 is 2.24 bits per heavy atom. The maximum Gasteiger partial charge on any atom is 0.360 e. The third kappa shape index (κ3) is 4.08. The van der Waals surface area contributed by atoms with E-state index in [-0.39, 0.29) is 22.3 Å². The van der Waals surface area contributed by atoms with Crippen LogP contribution in [0.25, 0.3) is 0 Å². The third-order valence-corrected chi connectivity index (χ3v) is 4.72. The van der Waals surface area contributed by atoms with Crippen LogP contribution in [0.15, 0.2) is 53.3 Å². The second-order valence-corrected chi connectivity index (χ2v) is 6.90. The first-order valence-corrected chi connectivity index (χ1v) is 8.57. The maximum absolute atomic E-state index is 12.2. The summed E-state index contributed by atoms with van der Waals surface area (Å²) in [6.07, 6.45) is 0. The molecule has 9 heteroatoms. The molecule has 0 fully saturated rings. The fraction of sp³-hybridized carbons (Fsp3) is 0.0625. The van der Waals surface area contributed by atoms with Crippen molar-refractivity contribution in [2.24, 2.45) is 0 Å². The molecule has 1 heterocycles. The first-order valence-electron chi connectivity index (χ1n) is 7.04. The number of carbonyl (C=O) groups excluding carboxylic acids is 1. The third-order valence-electron chi connectivity index (χ3n) is 3.29. The van der Waals surface area contributed by atoms with Gasteiger partial charge in [0.25, 0.3) is 0 Å². The highest BCUT2D eigenvalue weighted by molar-refractivity contribution is 7.10. The first-order chi connectivity index (χ1) is 11.9. The zero-order valence-corrected chi connectivity index (χ0v) is 14.9. The van der Waals surface area contributed by atoms with E-state index < -0.39 is 11.6 Å². The monoisotopic (exact) mass is 394 g/mol. The van der Waals surface area contributed by atoms with Crippen molar-refractivity contribution in [1.29, 1.82) is 0 Å². The number of benzene rings is 2. The average molecular weight is 395 g/mol. The molecule has 25 heavy (non-hydrogen) atoms. The van der Waals surface area contributed by atoms with Crippen molar-refractivity contribution in [1.82, 2.24) is 8.94 Å². The van der Waals surface area contributed by atoms with E-state index in [2.05, 4.69) is 4.98 Å². The molecule has 0 atom stereocenters. The van der Waals surface area contributed by atoms with Gasteiger partial charge in [0.2, 0.25) is 11.0 Å². The molecule has 0 spiro atoms. The van der Waals surface area contributed by atoms with Gasteiger partial charge in [-0.05, 0) is 53.5 Å². The van der Waals surface area contributed by atoms with Gasteiger partial charge in [0.15, 0.2) is 0 Å². The van der Waals surface area contributed by atoms with Gasteiger partial charge in [-0.25, -0.2) is 8.75 Å². The van der Waals surface area contributed by atoms with E-state index in [1.54, 1.807) is 24.3 Å². The van der Waals surface area contributed by atoms with Crippen LogP contribution in [0, 0.1) is 5.21 Å². The number of hydrogen-bond donors (Lipinski definition) is 0. The molecule has 6 nitrogen and oxygen atoms in total. The Morgan fingerprint density at radius 1 is 1.08 bits per heavy atom. The van der Waals surface area contributed by atoms with Crippen molar-refractivity contribution < 1.29 is 4.79 Å². The van der Waals surface area contributed by atoms with Crippen LogP contribution in [0.2, 0.25) is 10.0 Å². The summed E-state index contributed by atoms with van der Waals surface area (Å²) in [6.45, 7) is 0.233. The number of amides is 1. The van der Waals surface area contributed by atoms with Crippen molar-refractivity contribution in [2.45, 2.75) is 6.54 Å². The predicted molar refractivity (Wildman–Crippen MR) is 98.6 cm³/mol. The molecule has 0 bridgehead atoms. The van der Waals surface area contributed by atoms with Gasteiger partial charge in [-0.1, -0.05) is 35.3 Å². The number of hydrogen-bond acceptors (Lipinski definition) is 5. The summed E-state index contributed by atoms with van der Waals surface area (Å²) in [7, 11) is 0. The summed E-state index contributed by atoms with van der Waals surface area (Å²) in [4.78, 5) is 27.8. The molecular formula is C16H10Cl2N3O3S-. The number of carbonyl (C=O) groups is 1. The summed E-state index contributed by atoms with van der Waals surface area (Å²) in [5, 5.41) is 13.1. The van der Waals surface area contributed by atoms with Crippen molar-refractivity contribution in [3.8, 4) is 0 Å². The molecule has 0 saturated carbocycles. The van der Waals surface area contributed by atoms with Crippen LogP contribution < -0.4 is 10.8 Å². The summed E-state index contributed by atoms with van der Waals surface area (Å²) >= 11 is 12.4. The molecule has 3 aromatic rings. The Bertz CT molecular complexity index is 952. The predicted octanol–water partition coefficient (Wildman–Crippen LogP) is 3.80. The van der Waals surface area contributed by atoms with E-state index in [0.717, 1.165) is 17.1 Å². The standard InChI is InChI=1S/C16H10Cl2N3O3S/c17-12-5-1-10(2-6-12)9-20-15(23)19-16(25-20)21(24)14(22)11-3-7-13(18)8-4-11/h1-8H,9H2/q-1. The molecule has 0 saturated heterocycles. The maximum atomic E-state index is 12.2. The molecule has 0 aliphatic carbocycles. The van der Waals surface area contributed by atoms with Crippen molar-refractivity contribution >= 4 is 45.8 Å². The van der Waals surface area contributed by atoms with Crippen molar-refractivity contribution in [2.75, 3.05) is 5.06 Å². The van der Waals surface area contributed by atoms with Gasteiger partial charge in [-0.15, -0.1) is 0 Å². The first kappa shape index (κ1) is 17.6. The smallest absolute Gasteiger partial charge is 0.360 e. The van der Waals surface area contributed by atoms with Crippen LogP contribution >= 0.6 is 34.7 Å². The lowest BCUT2D eigenvalue weighted by Crippen LogP contribution is -2.24. The molecule has 0 aliphatic rings. The highest BCUT2D eigenvalue weighted by atomic mass is 35.5. The van der Waals surface area contributed by atoms with Crippen LogP contribution in [0.5, 0.6) is 0 Å². The van der Waals surface area contributed by atoms with Crippen LogP contribution in [0.3, 0.4) is 0 Å². The molecule has 0 unspecified atom stereocenters. The van der Waals surface area contributed by atoms with Crippen LogP contribution in [-0.4, -0.2) is 14.8 Å². The van der Waals surface area contributed by atoms with Crippen molar-refractivity contribution in [3.05, 3.63) is 85.4 Å². The van der Waals surface area contributed by atoms with E-state index in [1.165, 1.54) is 28.2 Å². The number of anilines is 1. The summed E-state index contributed by atoms with van der Waals surface area (Å²) < 4.78 is 1.29. The Labute approximate surface area is 156 Å². The molecular weight excluding hydrogens is 385 g/mol. The normalized spacial score (nSPS) is 10.7. The second kappa shape index (κ2) is 7.37. The van der Waals surface area contributed by atoms with Crippen molar-refractivity contribution in [3.63, 3.8) is 0 Å². The fourth-order valence-electron chi connectivity index (χ4n) is 2.03. The van der Waals surface area contributed by atoms with Gasteiger partial charge in [0, 0.05) is 15.6 Å². The van der Waals surface area contributed by atoms with E-state index >= 15 is 0 Å². The van der Waals surface area contributed by atoms with E-state index in [0.29, 0.717) is 10.0 Å². The quantitative estimate of drug-likeness (QED) is 0.630. The van der Waals surface area contributed by atoms with Gasteiger partial charge in [-0.2, -0.15) is 4.98 Å². The largest absolute Gasteiger partial charge is 0.750 e. The van der Waals surface area contributed by atoms with Crippen LogP contribution in [-0.2, 0) is 6.54 Å². The summed E-state index contributed by atoms with van der Waals surface area (Å²) in [5.41, 5.74) is 0.384. The molecule has 3 rings (SSSR count). The number of halogens is 2. The molecule has 0 radical (unpaired) electrons. The minimum Gasteiger partial charge on any atom is -0.750 e. The molecule has 1 amide bonds. The highest BCUT2D eigenvalue weighted by Crippen LogP contribution is 2.20. The minimum absolute atomic E-state index is 0.105. The topological polar surface area (TPSA) is 78.3 Å². The number of aromatic nitrogens is 2. The molecule has 2 aromatic carbocycles. The lowest BCUT2D eigenvalue weighted by Gasteiger charge is -2.24.